The molecule has 0 spiro atoms. The number of hydrogen-bond donors (Lipinski definition) is 0. The third-order valence-electron chi connectivity index (χ3n) is 11.7. The summed E-state index contributed by atoms with van der Waals surface area (Å²) in [6, 6.07) is 45.7. The van der Waals surface area contributed by atoms with Gasteiger partial charge in [0.05, 0.1) is 5.52 Å². The first-order chi connectivity index (χ1) is 26.4. The fourth-order valence-corrected chi connectivity index (χ4v) is 8.79. The first kappa shape index (κ1) is 36.6. The van der Waals surface area contributed by atoms with Crippen molar-refractivity contribution in [2.75, 3.05) is 4.90 Å². The molecule has 0 radical (unpaired) electrons. The molecule has 2 aliphatic rings. The van der Waals surface area contributed by atoms with Crippen LogP contribution in [-0.4, -0.2) is 4.57 Å². The van der Waals surface area contributed by atoms with Crippen LogP contribution < -0.4 is 4.90 Å². The maximum absolute atomic E-state index is 2.47. The summed E-state index contributed by atoms with van der Waals surface area (Å²) >= 11 is 0. The van der Waals surface area contributed by atoms with Gasteiger partial charge in [-0.25, -0.2) is 0 Å². The van der Waals surface area contributed by atoms with Gasteiger partial charge in [-0.05, 0) is 138 Å². The molecule has 6 aromatic rings. The van der Waals surface area contributed by atoms with Gasteiger partial charge in [0.15, 0.2) is 0 Å². The molecule has 2 heteroatoms. The van der Waals surface area contributed by atoms with Crippen LogP contribution in [0.3, 0.4) is 0 Å². The monoisotopic (exact) mass is 720 g/mol. The third kappa shape index (κ3) is 7.65. The van der Waals surface area contributed by atoms with E-state index in [0.717, 1.165) is 19.3 Å². The quantitative estimate of drug-likeness (QED) is 0.152. The molecular formula is C53H56N2. The number of aryl methyl sites for hydroxylation is 1. The summed E-state index contributed by atoms with van der Waals surface area (Å²) in [5.41, 5.74) is 16.0. The highest BCUT2D eigenvalue weighted by molar-refractivity contribution is 5.94. The Balaban J connectivity index is 1.15. The van der Waals surface area contributed by atoms with E-state index in [1.54, 1.807) is 0 Å². The van der Waals surface area contributed by atoms with Crippen LogP contribution in [0.1, 0.15) is 101 Å². The molecule has 278 valence electrons. The van der Waals surface area contributed by atoms with E-state index >= 15 is 0 Å². The predicted molar refractivity (Wildman–Crippen MR) is 237 cm³/mol. The average molecular weight is 721 g/mol. The van der Waals surface area contributed by atoms with E-state index in [0.29, 0.717) is 11.8 Å². The second-order valence-electron chi connectivity index (χ2n) is 18.1. The summed E-state index contributed by atoms with van der Waals surface area (Å²) in [5.74, 6) is 0.793. The normalized spacial score (nSPS) is 16.2. The summed E-state index contributed by atoms with van der Waals surface area (Å²) in [6.07, 6.45) is 15.7. The van der Waals surface area contributed by atoms with Crippen LogP contribution in [0.2, 0.25) is 0 Å². The molecule has 0 fully saturated rings. The zero-order valence-electron chi connectivity index (χ0n) is 33.8. The van der Waals surface area contributed by atoms with E-state index in [9.17, 15) is 0 Å². The minimum Gasteiger partial charge on any atom is -0.314 e. The van der Waals surface area contributed by atoms with E-state index in [1.807, 2.05) is 0 Å². The third-order valence-corrected chi connectivity index (χ3v) is 11.7. The topological polar surface area (TPSA) is 8.17 Å². The molecule has 2 aliphatic carbocycles. The van der Waals surface area contributed by atoms with Crippen LogP contribution in [0.15, 0.2) is 151 Å². The minimum absolute atomic E-state index is 0.196. The maximum Gasteiger partial charge on any atom is 0.0538 e. The van der Waals surface area contributed by atoms with Gasteiger partial charge < -0.3 is 9.47 Å². The number of fused-ring (bicyclic) bond motifs is 3. The number of benzene rings is 5. The molecule has 0 bridgehead atoms. The number of allylic oxidation sites excluding steroid dienone is 5. The second-order valence-corrected chi connectivity index (χ2v) is 18.1. The molecule has 0 saturated heterocycles. The molecular weight excluding hydrogens is 665 g/mol. The zero-order valence-corrected chi connectivity index (χ0v) is 33.8. The first-order valence-electron chi connectivity index (χ1n) is 20.3. The van der Waals surface area contributed by atoms with Crippen LogP contribution in [0.4, 0.5) is 11.4 Å². The van der Waals surface area contributed by atoms with E-state index in [4.69, 9.17) is 0 Å². The van der Waals surface area contributed by atoms with Crippen LogP contribution in [0.5, 0.6) is 0 Å². The van der Waals surface area contributed by atoms with Crippen molar-refractivity contribution in [1.29, 1.82) is 0 Å². The van der Waals surface area contributed by atoms with Gasteiger partial charge in [-0.15, -0.1) is 0 Å². The number of rotatable bonds is 8. The molecule has 2 nitrogen and oxygen atoms in total. The van der Waals surface area contributed by atoms with Gasteiger partial charge in [-0.1, -0.05) is 138 Å². The lowest BCUT2D eigenvalue weighted by Crippen LogP contribution is -2.23. The van der Waals surface area contributed by atoms with Gasteiger partial charge in [0.2, 0.25) is 0 Å². The van der Waals surface area contributed by atoms with Crippen molar-refractivity contribution in [1.82, 2.24) is 4.57 Å². The van der Waals surface area contributed by atoms with E-state index in [-0.39, 0.29) is 10.8 Å². The van der Waals surface area contributed by atoms with Gasteiger partial charge in [0, 0.05) is 39.8 Å². The number of para-hydroxylation sites is 1. The van der Waals surface area contributed by atoms with Gasteiger partial charge >= 0.3 is 0 Å². The van der Waals surface area contributed by atoms with Crippen molar-refractivity contribution >= 4 is 28.4 Å². The highest BCUT2D eigenvalue weighted by atomic mass is 15.1. The number of nitrogens with zero attached hydrogens (tertiary/aromatic N) is 2. The molecule has 55 heavy (non-hydrogen) atoms. The predicted octanol–water partition coefficient (Wildman–Crippen LogP) is 14.9. The highest BCUT2D eigenvalue weighted by Crippen LogP contribution is 2.45. The Hall–Kier alpha value is -5.34. The summed E-state index contributed by atoms with van der Waals surface area (Å²) in [4.78, 5) is 2.42. The fraction of sp³-hybridized carbons (Fsp3) is 0.283. The Morgan fingerprint density at radius 1 is 0.745 bits per heavy atom. The van der Waals surface area contributed by atoms with Crippen molar-refractivity contribution in [3.63, 3.8) is 0 Å². The van der Waals surface area contributed by atoms with Gasteiger partial charge in [-0.3, -0.25) is 0 Å². The molecule has 0 saturated carbocycles. The Morgan fingerprint density at radius 3 is 2.09 bits per heavy atom. The van der Waals surface area contributed by atoms with E-state index < -0.39 is 0 Å². The average Bonchev–Trinajstić information content (AvgIpc) is 3.51. The number of anilines is 2. The molecule has 1 aromatic heterocycles. The van der Waals surface area contributed by atoms with Gasteiger partial charge in [0.25, 0.3) is 0 Å². The molecule has 8 rings (SSSR count). The fourth-order valence-electron chi connectivity index (χ4n) is 8.79. The van der Waals surface area contributed by atoms with Crippen molar-refractivity contribution in [3.05, 3.63) is 179 Å². The van der Waals surface area contributed by atoms with Gasteiger partial charge in [0.1, 0.15) is 0 Å². The first-order valence-corrected chi connectivity index (χ1v) is 20.3. The lowest BCUT2D eigenvalue weighted by molar-refractivity contribution is 0.229. The minimum atomic E-state index is 0.196. The van der Waals surface area contributed by atoms with Crippen LogP contribution >= 0.6 is 0 Å². The molecule has 5 aromatic carbocycles. The molecule has 0 aliphatic heterocycles. The summed E-state index contributed by atoms with van der Waals surface area (Å²) in [5, 5.41) is 1.34. The van der Waals surface area contributed by atoms with Crippen LogP contribution in [-0.2, 0) is 6.42 Å². The molecule has 2 atom stereocenters. The summed E-state index contributed by atoms with van der Waals surface area (Å²) < 4.78 is 2.47. The molecule has 1 heterocycles. The van der Waals surface area contributed by atoms with Crippen molar-refractivity contribution in [2.45, 2.75) is 86.0 Å². The van der Waals surface area contributed by atoms with E-state index in [1.165, 1.54) is 79.2 Å². The lowest BCUT2D eigenvalue weighted by atomic mass is 9.69. The molecule has 2 unspecified atom stereocenters. The van der Waals surface area contributed by atoms with Crippen LogP contribution in [0.25, 0.3) is 33.8 Å². The molecule has 0 N–H and O–H groups in total. The van der Waals surface area contributed by atoms with E-state index in [2.05, 4.69) is 210 Å². The standard InChI is InChI=1S/C53H56N2/c1-37-18-28-46(29-19-37)55-50-32-26-41(38-20-22-40(23-21-38)49(53(5,6)7)36-52(2,3)4)34-47(50)48-35-42(27-33-51(48)55)39-24-30-45(31-25-39)54(43-14-10-8-11-15-43)44-16-12-9-13-17-44/h8-12,14-16,18-34,42,49H,13,17,35-36H2,1-7H3. The Labute approximate surface area is 329 Å². The van der Waals surface area contributed by atoms with Crippen molar-refractivity contribution < 1.29 is 0 Å². The van der Waals surface area contributed by atoms with Crippen molar-refractivity contribution in [2.24, 2.45) is 10.8 Å². The molecule has 0 amide bonds. The Bertz CT molecular complexity index is 2370. The summed E-state index contributed by atoms with van der Waals surface area (Å²) in [7, 11) is 0. The van der Waals surface area contributed by atoms with Crippen LogP contribution in [0, 0.1) is 17.8 Å². The Kier molecular flexibility index (Phi) is 9.80. The smallest absolute Gasteiger partial charge is 0.0538 e. The number of hydrogen-bond acceptors (Lipinski definition) is 1. The second kappa shape index (κ2) is 14.7. The van der Waals surface area contributed by atoms with Gasteiger partial charge in [-0.2, -0.15) is 0 Å². The van der Waals surface area contributed by atoms with Crippen molar-refractivity contribution in [3.8, 4) is 16.8 Å². The lowest BCUT2D eigenvalue weighted by Gasteiger charge is -2.36. The number of aromatic nitrogens is 1. The summed E-state index contributed by atoms with van der Waals surface area (Å²) in [6.45, 7) is 16.4. The highest BCUT2D eigenvalue weighted by Gasteiger charge is 2.30. The Morgan fingerprint density at radius 2 is 1.44 bits per heavy atom. The zero-order chi connectivity index (χ0) is 38.3. The SMILES string of the molecule is Cc1ccc(-n2c3c(c4cc(-c5ccc(C(CC(C)(C)C)C(C)(C)C)cc5)ccc42)CC(c2ccc(N(C4=CC=CCC4)c4ccccc4)cc2)C=C3)cc1. The largest absolute Gasteiger partial charge is 0.314 e. The maximum atomic E-state index is 2.47.